The van der Waals surface area contributed by atoms with E-state index in [1.54, 1.807) is 0 Å². The average Bonchev–Trinajstić information content (AvgIpc) is 3.68. The largest absolute Gasteiger partial charge is 0.309 e. The molecular weight excluding hydrogens is 512 g/mol. The van der Waals surface area contributed by atoms with Crippen LogP contribution in [0.3, 0.4) is 0 Å². The monoisotopic (exact) mass is 534 g/mol. The molecule has 194 valence electrons. The van der Waals surface area contributed by atoms with E-state index in [2.05, 4.69) is 137 Å². The molecule has 4 aromatic heterocycles. The van der Waals surface area contributed by atoms with Crippen LogP contribution in [0.15, 0.2) is 134 Å². The Kier molecular flexibility index (Phi) is 4.15. The molecule has 0 unspecified atom stereocenters. The molecule has 4 heteroatoms. The van der Waals surface area contributed by atoms with Crippen molar-refractivity contribution in [2.45, 2.75) is 0 Å². The number of aromatic nitrogens is 4. The summed E-state index contributed by atoms with van der Waals surface area (Å²) in [4.78, 5) is 10.1. The molecular formula is C38H22N4. The van der Waals surface area contributed by atoms with Gasteiger partial charge < -0.3 is 4.57 Å². The number of rotatable bonds is 2. The zero-order valence-electron chi connectivity index (χ0n) is 22.5. The quantitative estimate of drug-likeness (QED) is 0.221. The van der Waals surface area contributed by atoms with Crippen molar-refractivity contribution in [3.63, 3.8) is 0 Å². The smallest absolute Gasteiger partial charge is 0.138 e. The molecule has 0 aliphatic heterocycles. The summed E-state index contributed by atoms with van der Waals surface area (Å²) < 4.78 is 4.68. The van der Waals surface area contributed by atoms with Gasteiger partial charge in [0.1, 0.15) is 5.82 Å². The molecule has 4 nitrogen and oxygen atoms in total. The summed E-state index contributed by atoms with van der Waals surface area (Å²) >= 11 is 0. The molecule has 10 rings (SSSR count). The number of hydrogen-bond acceptors (Lipinski definition) is 2. The van der Waals surface area contributed by atoms with Gasteiger partial charge in [-0.1, -0.05) is 72.8 Å². The fraction of sp³-hybridized carbons (Fsp3) is 0. The van der Waals surface area contributed by atoms with Crippen molar-refractivity contribution in [1.29, 1.82) is 0 Å². The number of para-hydroxylation sites is 3. The van der Waals surface area contributed by atoms with Crippen LogP contribution in [0, 0.1) is 0 Å². The lowest BCUT2D eigenvalue weighted by Crippen LogP contribution is -1.99. The Morgan fingerprint density at radius 1 is 0.452 bits per heavy atom. The van der Waals surface area contributed by atoms with E-state index in [9.17, 15) is 0 Å². The molecule has 0 atom stereocenters. The minimum absolute atomic E-state index is 0.899. The molecule has 42 heavy (non-hydrogen) atoms. The maximum atomic E-state index is 5.29. The normalized spacial score (nSPS) is 12.3. The molecule has 1 aliphatic rings. The second-order valence-electron chi connectivity index (χ2n) is 11.1. The summed E-state index contributed by atoms with van der Waals surface area (Å²) in [5.41, 5.74) is 10.1. The van der Waals surface area contributed by atoms with Crippen LogP contribution in [0.5, 0.6) is 0 Å². The van der Waals surface area contributed by atoms with Crippen LogP contribution in [0.1, 0.15) is 0 Å². The average molecular weight is 535 g/mol. The van der Waals surface area contributed by atoms with Gasteiger partial charge in [-0.2, -0.15) is 0 Å². The molecule has 0 saturated carbocycles. The first-order valence-corrected chi connectivity index (χ1v) is 14.3. The zero-order valence-corrected chi connectivity index (χ0v) is 22.5. The zero-order chi connectivity index (χ0) is 27.4. The first-order chi connectivity index (χ1) is 20.8. The number of pyridine rings is 2. The van der Waals surface area contributed by atoms with Gasteiger partial charge in [-0.05, 0) is 65.5 Å². The minimum atomic E-state index is 0.899. The third-order valence-electron chi connectivity index (χ3n) is 8.91. The van der Waals surface area contributed by atoms with Gasteiger partial charge in [0.05, 0.1) is 33.5 Å². The number of benzene rings is 5. The van der Waals surface area contributed by atoms with E-state index in [-0.39, 0.29) is 0 Å². The number of hydrogen-bond donors (Lipinski definition) is 0. The van der Waals surface area contributed by atoms with Gasteiger partial charge in [0, 0.05) is 44.4 Å². The maximum Gasteiger partial charge on any atom is 0.138 e. The molecule has 0 bridgehead atoms. The Bertz CT molecular complexity index is 2530. The van der Waals surface area contributed by atoms with Crippen LogP contribution in [0.2, 0.25) is 0 Å². The first-order valence-electron chi connectivity index (χ1n) is 14.3. The lowest BCUT2D eigenvalue weighted by atomic mass is 10.1. The SMILES string of the molecule is c1cc2c3c(nccc3c1)-c1nc(-n3c4ccccc4c4cc(-n5c6ccccc6c6ccccc65)ccc43)ccc1-2. The van der Waals surface area contributed by atoms with E-state index in [0.717, 1.165) is 39.5 Å². The van der Waals surface area contributed by atoms with Crippen molar-refractivity contribution in [1.82, 2.24) is 19.1 Å². The topological polar surface area (TPSA) is 35.6 Å². The van der Waals surface area contributed by atoms with Gasteiger partial charge >= 0.3 is 0 Å². The van der Waals surface area contributed by atoms with Crippen LogP contribution in [-0.4, -0.2) is 19.1 Å². The first kappa shape index (κ1) is 22.0. The molecule has 0 spiro atoms. The van der Waals surface area contributed by atoms with Crippen LogP contribution >= 0.6 is 0 Å². The van der Waals surface area contributed by atoms with Crippen molar-refractivity contribution in [3.8, 4) is 34.0 Å². The molecule has 4 heterocycles. The Balaban J connectivity index is 1.24. The highest BCUT2D eigenvalue weighted by Crippen LogP contribution is 2.45. The molecule has 9 aromatic rings. The van der Waals surface area contributed by atoms with Gasteiger partial charge in [0.15, 0.2) is 0 Å². The van der Waals surface area contributed by atoms with Gasteiger partial charge in [0.25, 0.3) is 0 Å². The summed E-state index contributed by atoms with van der Waals surface area (Å²) in [5, 5.41) is 7.34. The second kappa shape index (κ2) is 7.93. The van der Waals surface area contributed by atoms with E-state index in [1.807, 2.05) is 6.20 Å². The highest BCUT2D eigenvalue weighted by Gasteiger charge is 2.25. The highest BCUT2D eigenvalue weighted by atomic mass is 15.1. The van der Waals surface area contributed by atoms with Crippen molar-refractivity contribution < 1.29 is 0 Å². The summed E-state index contributed by atoms with van der Waals surface area (Å²) in [6.45, 7) is 0. The lowest BCUT2D eigenvalue weighted by molar-refractivity contribution is 1.08. The molecule has 0 N–H and O–H groups in total. The predicted molar refractivity (Wildman–Crippen MR) is 173 cm³/mol. The van der Waals surface area contributed by atoms with Crippen LogP contribution in [-0.2, 0) is 0 Å². The van der Waals surface area contributed by atoms with Crippen molar-refractivity contribution in [2.75, 3.05) is 0 Å². The van der Waals surface area contributed by atoms with E-state index in [0.29, 0.717) is 0 Å². The summed E-state index contributed by atoms with van der Waals surface area (Å²) in [7, 11) is 0. The fourth-order valence-electron chi connectivity index (χ4n) is 7.15. The molecule has 0 fully saturated rings. The third-order valence-corrected chi connectivity index (χ3v) is 8.91. The van der Waals surface area contributed by atoms with Crippen LogP contribution in [0.25, 0.3) is 88.4 Å². The van der Waals surface area contributed by atoms with Crippen LogP contribution < -0.4 is 0 Å². The second-order valence-corrected chi connectivity index (χ2v) is 11.1. The van der Waals surface area contributed by atoms with E-state index < -0.39 is 0 Å². The maximum absolute atomic E-state index is 5.29. The standard InChI is InChI=1S/C38H22N4/c1-4-13-31-25(9-1)26-10-2-5-14-32(26)41(31)24-16-18-34-30(22-24)27-11-3-6-15-33(27)42(34)35-19-17-29-28-12-7-8-23-20-21-39-38(36(23)28)37(29)40-35/h1-22H. The minimum Gasteiger partial charge on any atom is -0.309 e. The number of fused-ring (bicyclic) bond motifs is 9. The van der Waals surface area contributed by atoms with E-state index in [4.69, 9.17) is 9.97 Å². The summed E-state index contributed by atoms with van der Waals surface area (Å²) in [6, 6.07) is 45.7. The Labute approximate surface area is 240 Å². The molecule has 0 amide bonds. The predicted octanol–water partition coefficient (Wildman–Crippen LogP) is 9.47. The summed E-state index contributed by atoms with van der Waals surface area (Å²) in [5.74, 6) is 0.899. The fourth-order valence-corrected chi connectivity index (χ4v) is 7.15. The highest BCUT2D eigenvalue weighted by molar-refractivity contribution is 6.14. The van der Waals surface area contributed by atoms with Crippen molar-refractivity contribution in [2.24, 2.45) is 0 Å². The van der Waals surface area contributed by atoms with E-state index in [1.165, 1.54) is 48.9 Å². The summed E-state index contributed by atoms with van der Waals surface area (Å²) in [6.07, 6.45) is 1.89. The Morgan fingerprint density at radius 2 is 1.12 bits per heavy atom. The molecule has 5 aromatic carbocycles. The molecule has 0 radical (unpaired) electrons. The Morgan fingerprint density at radius 3 is 1.88 bits per heavy atom. The van der Waals surface area contributed by atoms with Gasteiger partial charge in [0.2, 0.25) is 0 Å². The lowest BCUT2D eigenvalue weighted by Gasteiger charge is -2.11. The van der Waals surface area contributed by atoms with Gasteiger partial charge in [-0.15, -0.1) is 0 Å². The Hall–Kier alpha value is -5.74. The molecule has 1 aliphatic carbocycles. The third kappa shape index (κ3) is 2.76. The van der Waals surface area contributed by atoms with Crippen molar-refractivity contribution in [3.05, 3.63) is 134 Å². The van der Waals surface area contributed by atoms with Gasteiger partial charge in [-0.3, -0.25) is 9.55 Å². The van der Waals surface area contributed by atoms with E-state index >= 15 is 0 Å². The number of nitrogens with zero attached hydrogens (tertiary/aromatic N) is 4. The molecule has 0 saturated heterocycles. The van der Waals surface area contributed by atoms with Crippen LogP contribution in [0.4, 0.5) is 0 Å². The van der Waals surface area contributed by atoms with Gasteiger partial charge in [-0.25, -0.2) is 4.98 Å². The van der Waals surface area contributed by atoms with Crippen molar-refractivity contribution >= 4 is 54.4 Å².